The van der Waals surface area contributed by atoms with Gasteiger partial charge < -0.3 is 20.6 Å². The molecular formula is C29H31Cl2N3O3. The number of anilines is 2. The number of rotatable bonds is 8. The average molecular weight is 540 g/mol. The highest BCUT2D eigenvalue weighted by Gasteiger charge is 2.25. The first kappa shape index (κ1) is 27.0. The molecule has 0 aromatic heterocycles. The van der Waals surface area contributed by atoms with Crippen LogP contribution in [0, 0.1) is 0 Å². The van der Waals surface area contributed by atoms with E-state index in [2.05, 4.69) is 34.9 Å². The van der Waals surface area contributed by atoms with Crippen molar-refractivity contribution in [1.29, 1.82) is 0 Å². The molecule has 3 aromatic rings. The molecule has 6 nitrogen and oxygen atoms in total. The first-order chi connectivity index (χ1) is 17.9. The minimum atomic E-state index is -0.246. The van der Waals surface area contributed by atoms with Crippen molar-refractivity contribution < 1.29 is 14.7 Å². The Labute approximate surface area is 227 Å². The maximum absolute atomic E-state index is 12.8. The van der Waals surface area contributed by atoms with Crippen LogP contribution in [-0.2, 0) is 17.8 Å². The lowest BCUT2D eigenvalue weighted by Crippen LogP contribution is -2.40. The van der Waals surface area contributed by atoms with Crippen molar-refractivity contribution in [3.63, 3.8) is 0 Å². The van der Waals surface area contributed by atoms with Crippen molar-refractivity contribution in [3.05, 3.63) is 93.5 Å². The van der Waals surface area contributed by atoms with Crippen molar-refractivity contribution >= 4 is 46.5 Å². The molecule has 0 saturated carbocycles. The Hall–Kier alpha value is -3.06. The highest BCUT2D eigenvalue weighted by atomic mass is 35.5. The van der Waals surface area contributed by atoms with Crippen LogP contribution in [0.1, 0.15) is 48.3 Å². The van der Waals surface area contributed by atoms with Crippen LogP contribution in [0.5, 0.6) is 0 Å². The molecule has 0 atom stereocenters. The van der Waals surface area contributed by atoms with E-state index in [1.807, 2.05) is 30.3 Å². The largest absolute Gasteiger partial charge is 0.392 e. The van der Waals surface area contributed by atoms with Gasteiger partial charge in [-0.15, -0.1) is 0 Å². The predicted molar refractivity (Wildman–Crippen MR) is 149 cm³/mol. The number of likely N-dealkylation sites (tertiary alicyclic amines) is 1. The zero-order valence-electron chi connectivity index (χ0n) is 20.6. The molecule has 3 aromatic carbocycles. The smallest absolute Gasteiger partial charge is 0.321 e. The third-order valence-corrected chi connectivity index (χ3v) is 7.27. The number of nitrogens with zero attached hydrogens (tertiary/aromatic N) is 1. The molecule has 0 spiro atoms. The number of urea groups is 1. The van der Waals surface area contributed by atoms with E-state index in [4.69, 9.17) is 23.2 Å². The van der Waals surface area contributed by atoms with E-state index >= 15 is 0 Å². The summed E-state index contributed by atoms with van der Waals surface area (Å²) in [6.07, 6.45) is 3.86. The number of carbonyl (C=O) groups excluding carboxylic acids is 2. The van der Waals surface area contributed by atoms with Gasteiger partial charge in [0.15, 0.2) is 0 Å². The Morgan fingerprint density at radius 2 is 1.54 bits per heavy atom. The highest BCUT2D eigenvalue weighted by molar-refractivity contribution is 6.39. The third kappa shape index (κ3) is 7.48. The maximum Gasteiger partial charge on any atom is 0.321 e. The summed E-state index contributed by atoms with van der Waals surface area (Å²) in [6, 6.07) is 21.1. The molecule has 1 aliphatic heterocycles. The number of hydrogen-bond acceptors (Lipinski definition) is 3. The molecule has 1 aliphatic rings. The number of halogens is 2. The summed E-state index contributed by atoms with van der Waals surface area (Å²) >= 11 is 12.5. The van der Waals surface area contributed by atoms with Crippen LogP contribution < -0.4 is 10.6 Å². The Kier molecular flexibility index (Phi) is 9.45. The summed E-state index contributed by atoms with van der Waals surface area (Å²) < 4.78 is 0. The van der Waals surface area contributed by atoms with Gasteiger partial charge in [0.1, 0.15) is 0 Å². The fourth-order valence-electron chi connectivity index (χ4n) is 4.60. The molecule has 0 unspecified atom stereocenters. The molecular weight excluding hydrogens is 509 g/mol. The fraction of sp³-hybridized carbons (Fsp3) is 0.310. The summed E-state index contributed by atoms with van der Waals surface area (Å²) in [4.78, 5) is 26.8. The molecule has 194 valence electrons. The molecule has 0 radical (unpaired) electrons. The van der Waals surface area contributed by atoms with Crippen molar-refractivity contribution in [3.8, 4) is 0 Å². The molecule has 4 rings (SSSR count). The number of nitrogens with one attached hydrogen (secondary N) is 2. The number of aryl methyl sites for hydroxylation is 1. The van der Waals surface area contributed by atoms with E-state index in [9.17, 15) is 14.7 Å². The minimum absolute atomic E-state index is 0.0224. The standard InChI is InChI=1S/C29H31Cl2N3O3/c30-25-17-21(19-35)18-26(31)28(25)33-29(37)34-15-13-23(14-16-34)22-9-11-24(12-10-22)32-27(36)8-4-7-20-5-2-1-3-6-20/h1-3,5-6,9-12,17-18,23,35H,4,7-8,13-16,19H2,(H,32,36)(H,33,37). The van der Waals surface area contributed by atoms with Crippen LogP contribution in [0.15, 0.2) is 66.7 Å². The van der Waals surface area contributed by atoms with Crippen LogP contribution in [-0.4, -0.2) is 35.0 Å². The number of hydrogen-bond donors (Lipinski definition) is 3. The van der Waals surface area contributed by atoms with E-state index < -0.39 is 0 Å². The molecule has 3 N–H and O–H groups in total. The first-order valence-corrected chi connectivity index (χ1v) is 13.3. The molecule has 0 bridgehead atoms. The van der Waals surface area contributed by atoms with E-state index in [1.165, 1.54) is 11.1 Å². The Balaban J connectivity index is 1.23. The van der Waals surface area contributed by atoms with Crippen LogP contribution in [0.2, 0.25) is 10.0 Å². The van der Waals surface area contributed by atoms with Gasteiger partial charge in [0, 0.05) is 25.2 Å². The highest BCUT2D eigenvalue weighted by Crippen LogP contribution is 2.33. The van der Waals surface area contributed by atoms with Gasteiger partial charge in [-0.1, -0.05) is 65.7 Å². The summed E-state index contributed by atoms with van der Waals surface area (Å²) in [5.74, 6) is 0.366. The zero-order chi connectivity index (χ0) is 26.2. The molecule has 1 heterocycles. The monoisotopic (exact) mass is 539 g/mol. The van der Waals surface area contributed by atoms with Crippen molar-refractivity contribution in [2.75, 3.05) is 23.7 Å². The number of benzene rings is 3. The van der Waals surface area contributed by atoms with E-state index in [1.54, 1.807) is 17.0 Å². The van der Waals surface area contributed by atoms with Crippen molar-refractivity contribution in [1.82, 2.24) is 4.90 Å². The van der Waals surface area contributed by atoms with Crippen molar-refractivity contribution in [2.24, 2.45) is 0 Å². The van der Waals surface area contributed by atoms with Gasteiger partial charge in [-0.25, -0.2) is 4.79 Å². The maximum atomic E-state index is 12.8. The molecule has 8 heteroatoms. The number of aliphatic hydroxyl groups excluding tert-OH is 1. The van der Waals surface area contributed by atoms with Gasteiger partial charge in [0.25, 0.3) is 0 Å². The lowest BCUT2D eigenvalue weighted by molar-refractivity contribution is -0.116. The minimum Gasteiger partial charge on any atom is -0.392 e. The van der Waals surface area contributed by atoms with Crippen LogP contribution >= 0.6 is 23.2 Å². The summed E-state index contributed by atoms with van der Waals surface area (Å²) in [5, 5.41) is 15.6. The van der Waals surface area contributed by atoms with Gasteiger partial charge in [0.2, 0.25) is 5.91 Å². The topological polar surface area (TPSA) is 81.7 Å². The van der Waals surface area contributed by atoms with Crippen LogP contribution in [0.3, 0.4) is 0 Å². The lowest BCUT2D eigenvalue weighted by Gasteiger charge is -2.32. The Morgan fingerprint density at radius 1 is 0.892 bits per heavy atom. The van der Waals surface area contributed by atoms with Gasteiger partial charge >= 0.3 is 6.03 Å². The van der Waals surface area contributed by atoms with E-state index in [0.717, 1.165) is 31.4 Å². The third-order valence-electron chi connectivity index (χ3n) is 6.68. The number of aliphatic hydroxyl groups is 1. The average Bonchev–Trinajstić information content (AvgIpc) is 2.91. The quantitative estimate of drug-likeness (QED) is 0.292. The molecule has 1 saturated heterocycles. The number of amides is 3. The predicted octanol–water partition coefficient (Wildman–Crippen LogP) is 6.86. The zero-order valence-corrected chi connectivity index (χ0v) is 22.1. The second kappa shape index (κ2) is 13.0. The van der Waals surface area contributed by atoms with Gasteiger partial charge in [-0.3, -0.25) is 4.79 Å². The molecule has 37 heavy (non-hydrogen) atoms. The lowest BCUT2D eigenvalue weighted by atomic mass is 9.89. The second-order valence-corrected chi connectivity index (χ2v) is 10.1. The first-order valence-electron chi connectivity index (χ1n) is 12.5. The molecule has 3 amide bonds. The van der Waals surface area contributed by atoms with Crippen molar-refractivity contribution in [2.45, 2.75) is 44.6 Å². The van der Waals surface area contributed by atoms with Crippen LogP contribution in [0.4, 0.5) is 16.2 Å². The van der Waals surface area contributed by atoms with E-state index in [-0.39, 0.29) is 18.5 Å². The summed E-state index contributed by atoms with van der Waals surface area (Å²) in [7, 11) is 0. The number of carbonyl (C=O) groups is 2. The Morgan fingerprint density at radius 3 is 2.16 bits per heavy atom. The Bertz CT molecular complexity index is 1190. The van der Waals surface area contributed by atoms with Gasteiger partial charge in [0.05, 0.1) is 22.3 Å². The summed E-state index contributed by atoms with van der Waals surface area (Å²) in [6.45, 7) is 1.05. The van der Waals surface area contributed by atoms with Crippen LogP contribution in [0.25, 0.3) is 0 Å². The van der Waals surface area contributed by atoms with Gasteiger partial charge in [-0.05, 0) is 72.6 Å². The second-order valence-electron chi connectivity index (χ2n) is 9.29. The number of piperidine rings is 1. The fourth-order valence-corrected chi connectivity index (χ4v) is 5.22. The normalized spacial score (nSPS) is 13.9. The van der Waals surface area contributed by atoms with E-state index in [0.29, 0.717) is 46.7 Å². The van der Waals surface area contributed by atoms with Gasteiger partial charge in [-0.2, -0.15) is 0 Å². The summed E-state index contributed by atoms with van der Waals surface area (Å²) in [5.41, 5.74) is 4.18. The molecule has 1 fully saturated rings. The molecule has 0 aliphatic carbocycles. The SMILES string of the molecule is O=C(CCCc1ccccc1)Nc1ccc(C2CCN(C(=O)Nc3c(Cl)cc(CO)cc3Cl)CC2)cc1.